The van der Waals surface area contributed by atoms with Gasteiger partial charge in [0.1, 0.15) is 11.0 Å². The Morgan fingerprint density at radius 3 is 2.83 bits per heavy atom. The van der Waals surface area contributed by atoms with Crippen molar-refractivity contribution in [3.63, 3.8) is 0 Å². The van der Waals surface area contributed by atoms with Crippen LogP contribution in [-0.4, -0.2) is 56.7 Å². The predicted molar refractivity (Wildman–Crippen MR) is 82.8 cm³/mol. The number of aryl methyl sites for hydroxylation is 1. The van der Waals surface area contributed by atoms with Crippen molar-refractivity contribution in [1.82, 2.24) is 24.5 Å². The zero-order chi connectivity index (χ0) is 16.2. The van der Waals surface area contributed by atoms with Crippen LogP contribution in [0.2, 0.25) is 0 Å². The summed E-state index contributed by atoms with van der Waals surface area (Å²) in [5, 5.41) is 3.89. The summed E-state index contributed by atoms with van der Waals surface area (Å²) < 4.78 is 14.6. The Balaban J connectivity index is 1.56. The Morgan fingerprint density at radius 1 is 1.39 bits per heavy atom. The number of rotatable bonds is 4. The number of carbonyl (C=O) groups is 1. The van der Waals surface area contributed by atoms with Gasteiger partial charge in [0, 0.05) is 38.2 Å². The van der Waals surface area contributed by atoms with Gasteiger partial charge in [-0.3, -0.25) is 4.79 Å². The molecule has 2 aromatic rings. The topological polar surface area (TPSA) is 90.3 Å². The van der Waals surface area contributed by atoms with E-state index in [1.54, 1.807) is 19.2 Å². The van der Waals surface area contributed by atoms with Gasteiger partial charge in [-0.1, -0.05) is 4.49 Å². The van der Waals surface area contributed by atoms with Crippen molar-refractivity contribution in [3.05, 3.63) is 22.8 Å². The molecule has 122 valence electrons. The first-order valence-electron chi connectivity index (χ1n) is 7.29. The molecule has 0 aliphatic carbocycles. The molecule has 1 amide bonds. The maximum atomic E-state index is 12.4. The maximum Gasteiger partial charge on any atom is 0.319 e. The number of nitrogens with zero attached hydrogens (tertiary/aromatic N) is 5. The smallest absolute Gasteiger partial charge is 0.319 e. The SMILES string of the molecule is COc1nccc(OC2CCN(C(=O)c3snnc3C)CC2)n1. The van der Waals surface area contributed by atoms with Crippen molar-refractivity contribution in [2.45, 2.75) is 25.9 Å². The number of hydrogen-bond donors (Lipinski definition) is 0. The Morgan fingerprint density at radius 2 is 2.17 bits per heavy atom. The van der Waals surface area contributed by atoms with Crippen LogP contribution >= 0.6 is 11.5 Å². The van der Waals surface area contributed by atoms with Gasteiger partial charge in [0.15, 0.2) is 0 Å². The molecule has 3 heterocycles. The quantitative estimate of drug-likeness (QED) is 0.832. The highest BCUT2D eigenvalue weighted by atomic mass is 32.1. The maximum absolute atomic E-state index is 12.4. The summed E-state index contributed by atoms with van der Waals surface area (Å²) in [6.45, 7) is 3.08. The molecule has 9 heteroatoms. The number of aromatic nitrogens is 4. The second kappa shape index (κ2) is 6.86. The normalized spacial score (nSPS) is 15.5. The molecule has 1 saturated heterocycles. The fourth-order valence-corrected chi connectivity index (χ4v) is 3.03. The lowest BCUT2D eigenvalue weighted by Crippen LogP contribution is -2.41. The van der Waals surface area contributed by atoms with E-state index in [1.165, 1.54) is 7.11 Å². The minimum absolute atomic E-state index is 0.000319. The van der Waals surface area contributed by atoms with E-state index in [2.05, 4.69) is 19.6 Å². The first-order valence-corrected chi connectivity index (χ1v) is 8.06. The Kier molecular flexibility index (Phi) is 4.65. The van der Waals surface area contributed by atoms with Crippen LogP contribution < -0.4 is 9.47 Å². The van der Waals surface area contributed by atoms with Crippen molar-refractivity contribution in [2.24, 2.45) is 0 Å². The number of piperidine rings is 1. The van der Waals surface area contributed by atoms with Gasteiger partial charge in [0.05, 0.1) is 12.8 Å². The first-order chi connectivity index (χ1) is 11.2. The van der Waals surface area contributed by atoms with Gasteiger partial charge in [-0.2, -0.15) is 4.98 Å². The third-order valence-electron chi connectivity index (χ3n) is 3.65. The van der Waals surface area contributed by atoms with Crippen molar-refractivity contribution in [2.75, 3.05) is 20.2 Å². The second-order valence-electron chi connectivity index (χ2n) is 5.18. The second-order valence-corrected chi connectivity index (χ2v) is 5.93. The number of hydrogen-bond acceptors (Lipinski definition) is 8. The fourth-order valence-electron chi connectivity index (χ4n) is 2.41. The fraction of sp³-hybridized carbons (Fsp3) is 0.500. The highest BCUT2D eigenvalue weighted by Gasteiger charge is 2.27. The van der Waals surface area contributed by atoms with Gasteiger partial charge < -0.3 is 14.4 Å². The number of amides is 1. The largest absolute Gasteiger partial charge is 0.474 e. The number of carbonyl (C=O) groups excluding carboxylic acids is 1. The Hall–Kier alpha value is -2.29. The molecule has 0 radical (unpaired) electrons. The van der Waals surface area contributed by atoms with Crippen LogP contribution in [0.3, 0.4) is 0 Å². The molecule has 1 fully saturated rings. The van der Waals surface area contributed by atoms with Crippen molar-refractivity contribution in [1.29, 1.82) is 0 Å². The molecule has 3 rings (SSSR count). The highest BCUT2D eigenvalue weighted by Crippen LogP contribution is 2.21. The summed E-state index contributed by atoms with van der Waals surface area (Å²) >= 11 is 1.14. The van der Waals surface area contributed by atoms with E-state index in [1.807, 2.05) is 4.90 Å². The third-order valence-corrected chi connectivity index (χ3v) is 4.47. The summed E-state index contributed by atoms with van der Waals surface area (Å²) in [5.41, 5.74) is 0.687. The van der Waals surface area contributed by atoms with Crippen LogP contribution in [0.5, 0.6) is 11.9 Å². The highest BCUT2D eigenvalue weighted by molar-refractivity contribution is 7.07. The van der Waals surface area contributed by atoms with Crippen LogP contribution in [0.4, 0.5) is 0 Å². The van der Waals surface area contributed by atoms with Gasteiger partial charge in [-0.25, -0.2) is 4.98 Å². The lowest BCUT2D eigenvalue weighted by atomic mass is 10.1. The minimum Gasteiger partial charge on any atom is -0.474 e. The van der Waals surface area contributed by atoms with Crippen molar-refractivity contribution < 1.29 is 14.3 Å². The van der Waals surface area contributed by atoms with E-state index >= 15 is 0 Å². The lowest BCUT2D eigenvalue weighted by molar-refractivity contribution is 0.0590. The van der Waals surface area contributed by atoms with Crippen LogP contribution in [-0.2, 0) is 0 Å². The van der Waals surface area contributed by atoms with E-state index in [0.717, 1.165) is 24.4 Å². The van der Waals surface area contributed by atoms with E-state index in [-0.39, 0.29) is 18.0 Å². The number of ether oxygens (including phenoxy) is 2. The molecule has 0 spiro atoms. The monoisotopic (exact) mass is 335 g/mol. The standard InChI is InChI=1S/C14H17N5O3S/c1-9-12(23-18-17-9)13(20)19-7-4-10(5-8-19)22-11-3-6-15-14(16-11)21-2/h3,6,10H,4-5,7-8H2,1-2H3. The van der Waals surface area contributed by atoms with Crippen molar-refractivity contribution >= 4 is 17.4 Å². The van der Waals surface area contributed by atoms with Gasteiger partial charge in [-0.05, 0) is 18.5 Å². The van der Waals surface area contributed by atoms with Crippen LogP contribution in [0.1, 0.15) is 28.2 Å². The third kappa shape index (κ3) is 3.55. The molecular formula is C14H17N5O3S. The van der Waals surface area contributed by atoms with E-state index in [0.29, 0.717) is 29.5 Å². The van der Waals surface area contributed by atoms with E-state index in [4.69, 9.17) is 9.47 Å². The molecule has 1 aliphatic heterocycles. The van der Waals surface area contributed by atoms with Gasteiger partial charge in [0.2, 0.25) is 5.88 Å². The average Bonchev–Trinajstić information content (AvgIpc) is 3.01. The lowest BCUT2D eigenvalue weighted by Gasteiger charge is -2.31. The zero-order valence-electron chi connectivity index (χ0n) is 12.9. The summed E-state index contributed by atoms with van der Waals surface area (Å²) in [6, 6.07) is 1.98. The summed E-state index contributed by atoms with van der Waals surface area (Å²) in [4.78, 5) is 22.9. The minimum atomic E-state index is -0.000319. The van der Waals surface area contributed by atoms with Crippen LogP contribution in [0.15, 0.2) is 12.3 Å². The van der Waals surface area contributed by atoms with Crippen LogP contribution in [0, 0.1) is 6.92 Å². The van der Waals surface area contributed by atoms with Crippen molar-refractivity contribution in [3.8, 4) is 11.9 Å². The summed E-state index contributed by atoms with van der Waals surface area (Å²) in [5.74, 6) is 0.490. The number of likely N-dealkylation sites (tertiary alicyclic amines) is 1. The van der Waals surface area contributed by atoms with E-state index in [9.17, 15) is 4.79 Å². The molecule has 1 aliphatic rings. The predicted octanol–water partition coefficient (Wildman–Crippen LogP) is 1.33. The molecule has 0 unspecified atom stereocenters. The van der Waals surface area contributed by atoms with Gasteiger partial charge in [-0.15, -0.1) is 5.10 Å². The zero-order valence-corrected chi connectivity index (χ0v) is 13.7. The summed E-state index contributed by atoms with van der Waals surface area (Å²) in [6.07, 6.45) is 3.13. The van der Waals surface area contributed by atoms with E-state index < -0.39 is 0 Å². The summed E-state index contributed by atoms with van der Waals surface area (Å²) in [7, 11) is 1.51. The molecular weight excluding hydrogens is 318 g/mol. The molecule has 8 nitrogen and oxygen atoms in total. The van der Waals surface area contributed by atoms with Crippen LogP contribution in [0.25, 0.3) is 0 Å². The Bertz CT molecular complexity index is 685. The Labute approximate surface area is 137 Å². The molecule has 0 saturated carbocycles. The molecule has 0 N–H and O–H groups in total. The average molecular weight is 335 g/mol. The molecule has 0 atom stereocenters. The first kappa shape index (κ1) is 15.6. The van der Waals surface area contributed by atoms with Gasteiger partial charge in [0.25, 0.3) is 5.91 Å². The van der Waals surface area contributed by atoms with Gasteiger partial charge >= 0.3 is 6.01 Å². The molecule has 0 aromatic carbocycles. The molecule has 23 heavy (non-hydrogen) atoms. The number of methoxy groups -OCH3 is 1. The molecule has 0 bridgehead atoms. The molecule has 2 aromatic heterocycles.